The van der Waals surface area contributed by atoms with Crippen LogP contribution < -0.4 is 15.6 Å². The van der Waals surface area contributed by atoms with E-state index in [2.05, 4.69) is 15.6 Å². The second kappa shape index (κ2) is 9.25. The quantitative estimate of drug-likeness (QED) is 0.476. The summed E-state index contributed by atoms with van der Waals surface area (Å²) in [6, 6.07) is 12.4. The van der Waals surface area contributed by atoms with Gasteiger partial charge < -0.3 is 0 Å². The van der Waals surface area contributed by atoms with E-state index in [1.54, 1.807) is 31.2 Å². The van der Waals surface area contributed by atoms with Crippen molar-refractivity contribution in [3.05, 3.63) is 65.2 Å². The molecular formula is C19H21N3O5S. The number of carbonyl (C=O) groups excluding carboxylic acids is 3. The summed E-state index contributed by atoms with van der Waals surface area (Å²) in [5, 5.41) is 0. The Morgan fingerprint density at radius 2 is 1.57 bits per heavy atom. The van der Waals surface area contributed by atoms with Crippen LogP contribution in [0.25, 0.3) is 0 Å². The monoisotopic (exact) mass is 403 g/mol. The summed E-state index contributed by atoms with van der Waals surface area (Å²) >= 11 is 0. The van der Waals surface area contributed by atoms with E-state index in [-0.39, 0.29) is 23.6 Å². The number of aryl methyl sites for hydroxylation is 1. The molecule has 0 aliphatic heterocycles. The van der Waals surface area contributed by atoms with Crippen molar-refractivity contribution in [1.82, 2.24) is 15.6 Å². The molecule has 0 saturated heterocycles. The molecule has 0 aliphatic rings. The smallest absolute Gasteiger partial charge is 0.269 e. The van der Waals surface area contributed by atoms with Crippen molar-refractivity contribution in [3.8, 4) is 0 Å². The average molecular weight is 403 g/mol. The van der Waals surface area contributed by atoms with Gasteiger partial charge in [0.05, 0.1) is 4.90 Å². The Hall–Kier alpha value is -3.04. The Labute approximate surface area is 163 Å². The Balaban J connectivity index is 1.82. The molecule has 0 fully saturated rings. The van der Waals surface area contributed by atoms with E-state index in [0.717, 1.165) is 5.56 Å². The van der Waals surface area contributed by atoms with Crippen molar-refractivity contribution >= 4 is 27.6 Å². The molecular weight excluding hydrogens is 382 g/mol. The van der Waals surface area contributed by atoms with Crippen LogP contribution in [0, 0.1) is 6.92 Å². The zero-order chi connectivity index (χ0) is 20.7. The number of sulfonamides is 1. The van der Waals surface area contributed by atoms with Crippen LogP contribution in [-0.2, 0) is 14.8 Å². The molecule has 0 aromatic heterocycles. The maximum atomic E-state index is 12.2. The minimum Gasteiger partial charge on any atom is -0.295 e. The Kier molecular flexibility index (Phi) is 7.02. The molecule has 0 bridgehead atoms. The first kappa shape index (κ1) is 21.3. The molecule has 0 radical (unpaired) electrons. The number of nitrogens with one attached hydrogen (secondary N) is 3. The molecule has 2 rings (SSSR count). The highest BCUT2D eigenvalue weighted by molar-refractivity contribution is 7.89. The molecule has 8 nitrogen and oxygen atoms in total. The van der Waals surface area contributed by atoms with Gasteiger partial charge in [-0.05, 0) is 37.6 Å². The van der Waals surface area contributed by atoms with Crippen molar-refractivity contribution in [2.75, 3.05) is 6.54 Å². The number of hydrogen-bond acceptors (Lipinski definition) is 5. The first-order chi connectivity index (χ1) is 13.2. The van der Waals surface area contributed by atoms with Crippen LogP contribution in [0.1, 0.15) is 39.6 Å². The van der Waals surface area contributed by atoms with Gasteiger partial charge in [0.15, 0.2) is 5.78 Å². The van der Waals surface area contributed by atoms with E-state index in [4.69, 9.17) is 0 Å². The van der Waals surface area contributed by atoms with E-state index >= 15 is 0 Å². The van der Waals surface area contributed by atoms with E-state index in [0.29, 0.717) is 11.1 Å². The number of Topliss-reactive ketones (excluding diaryl/α,β-unsaturated/α-hetero) is 1. The lowest BCUT2D eigenvalue weighted by molar-refractivity contribution is -0.121. The van der Waals surface area contributed by atoms with Gasteiger partial charge in [-0.3, -0.25) is 25.2 Å². The first-order valence-corrected chi connectivity index (χ1v) is 9.94. The summed E-state index contributed by atoms with van der Waals surface area (Å²) < 4.78 is 26.7. The Bertz CT molecular complexity index is 985. The predicted molar refractivity (Wildman–Crippen MR) is 103 cm³/mol. The molecule has 0 atom stereocenters. The summed E-state index contributed by atoms with van der Waals surface area (Å²) in [5.74, 6) is -1.17. The van der Waals surface area contributed by atoms with Crippen molar-refractivity contribution < 1.29 is 22.8 Å². The summed E-state index contributed by atoms with van der Waals surface area (Å²) in [6.45, 7) is 3.01. The van der Waals surface area contributed by atoms with Gasteiger partial charge in [0.2, 0.25) is 15.9 Å². The van der Waals surface area contributed by atoms with Crippen molar-refractivity contribution in [2.24, 2.45) is 0 Å². The van der Waals surface area contributed by atoms with E-state index < -0.39 is 21.8 Å². The van der Waals surface area contributed by atoms with Crippen molar-refractivity contribution in [3.63, 3.8) is 0 Å². The van der Waals surface area contributed by atoms with Gasteiger partial charge in [-0.1, -0.05) is 30.3 Å². The second-order valence-corrected chi connectivity index (χ2v) is 7.81. The van der Waals surface area contributed by atoms with Crippen LogP contribution >= 0.6 is 0 Å². The van der Waals surface area contributed by atoms with E-state index in [9.17, 15) is 22.8 Å². The largest absolute Gasteiger partial charge is 0.295 e. The second-order valence-electron chi connectivity index (χ2n) is 6.05. The van der Waals surface area contributed by atoms with E-state index in [1.807, 2.05) is 0 Å². The summed E-state index contributed by atoms with van der Waals surface area (Å²) in [4.78, 5) is 35.0. The van der Waals surface area contributed by atoms with Gasteiger partial charge >= 0.3 is 0 Å². The number of hydrogen-bond donors (Lipinski definition) is 3. The van der Waals surface area contributed by atoms with Gasteiger partial charge in [0, 0.05) is 24.1 Å². The maximum Gasteiger partial charge on any atom is 0.269 e. The molecule has 2 aromatic carbocycles. The highest BCUT2D eigenvalue weighted by atomic mass is 32.2. The third kappa shape index (κ3) is 5.73. The lowest BCUT2D eigenvalue weighted by Gasteiger charge is -2.10. The topological polar surface area (TPSA) is 121 Å². The number of rotatable bonds is 7. The van der Waals surface area contributed by atoms with Crippen molar-refractivity contribution in [2.45, 2.75) is 25.2 Å². The fourth-order valence-corrected chi connectivity index (χ4v) is 3.37. The minimum atomic E-state index is -3.81. The van der Waals surface area contributed by atoms with Crippen LogP contribution in [0.15, 0.2) is 53.4 Å². The average Bonchev–Trinajstić information content (AvgIpc) is 2.66. The molecule has 148 valence electrons. The third-order valence-electron chi connectivity index (χ3n) is 3.92. The number of carbonyl (C=O) groups is 3. The fourth-order valence-electron chi connectivity index (χ4n) is 2.34. The zero-order valence-electron chi connectivity index (χ0n) is 15.5. The molecule has 0 unspecified atom stereocenters. The first-order valence-electron chi connectivity index (χ1n) is 8.46. The minimum absolute atomic E-state index is 0.00855. The normalized spacial score (nSPS) is 10.9. The van der Waals surface area contributed by atoms with Crippen LogP contribution in [-0.4, -0.2) is 32.6 Å². The summed E-state index contributed by atoms with van der Waals surface area (Å²) in [7, 11) is -3.81. The lowest BCUT2D eigenvalue weighted by atomic mass is 10.1. The highest BCUT2D eigenvalue weighted by Gasteiger charge is 2.15. The van der Waals surface area contributed by atoms with Gasteiger partial charge in [-0.15, -0.1) is 0 Å². The predicted octanol–water partition coefficient (Wildman–Crippen LogP) is 1.33. The fraction of sp³-hybridized carbons (Fsp3) is 0.211. The SMILES string of the molecule is CC(=O)c1ccc(S(=O)(=O)NCCC(=O)NNC(=O)c2ccccc2C)cc1. The highest BCUT2D eigenvalue weighted by Crippen LogP contribution is 2.11. The van der Waals surface area contributed by atoms with Crippen molar-refractivity contribution in [1.29, 1.82) is 0 Å². The number of benzene rings is 2. The zero-order valence-corrected chi connectivity index (χ0v) is 16.3. The molecule has 9 heteroatoms. The number of hydrazine groups is 1. The number of ketones is 1. The van der Waals surface area contributed by atoms with Crippen LogP contribution in [0.2, 0.25) is 0 Å². The van der Waals surface area contributed by atoms with Gasteiger partial charge in [0.25, 0.3) is 5.91 Å². The molecule has 0 spiro atoms. The van der Waals surface area contributed by atoms with Crippen LogP contribution in [0.4, 0.5) is 0 Å². The van der Waals surface area contributed by atoms with Crippen LogP contribution in [0.5, 0.6) is 0 Å². The summed E-state index contributed by atoms with van der Waals surface area (Å²) in [6.07, 6.45) is -0.168. The Morgan fingerprint density at radius 1 is 0.929 bits per heavy atom. The molecule has 3 N–H and O–H groups in total. The molecule has 0 saturated carbocycles. The van der Waals surface area contributed by atoms with Gasteiger partial charge in [-0.2, -0.15) is 0 Å². The van der Waals surface area contributed by atoms with Crippen LogP contribution in [0.3, 0.4) is 0 Å². The number of amides is 2. The lowest BCUT2D eigenvalue weighted by Crippen LogP contribution is -2.43. The molecule has 2 aromatic rings. The van der Waals surface area contributed by atoms with Gasteiger partial charge in [0.1, 0.15) is 0 Å². The standard InChI is InChI=1S/C19H21N3O5S/c1-13-5-3-4-6-17(13)19(25)22-21-18(24)11-12-20-28(26,27)16-9-7-15(8-10-16)14(2)23/h3-10,20H,11-12H2,1-2H3,(H,21,24)(H,22,25). The van der Waals surface area contributed by atoms with E-state index in [1.165, 1.54) is 31.2 Å². The molecule has 0 heterocycles. The molecule has 28 heavy (non-hydrogen) atoms. The molecule has 2 amide bonds. The third-order valence-corrected chi connectivity index (χ3v) is 5.40. The maximum absolute atomic E-state index is 12.2. The summed E-state index contributed by atoms with van der Waals surface area (Å²) in [5.41, 5.74) is 6.13. The van der Waals surface area contributed by atoms with Gasteiger partial charge in [-0.25, -0.2) is 13.1 Å². The Morgan fingerprint density at radius 3 is 2.18 bits per heavy atom. The molecule has 0 aliphatic carbocycles.